The average Bonchev–Trinajstić information content (AvgIpc) is 3.24. The number of hydrogen-bond donors (Lipinski definition) is 1. The molecule has 2 heterocycles. The van der Waals surface area contributed by atoms with Gasteiger partial charge in [0.15, 0.2) is 0 Å². The molecule has 1 aromatic carbocycles. The van der Waals surface area contributed by atoms with E-state index in [4.69, 9.17) is 18.8 Å². The standard InChI is InChI=1S/C31H47BN2O6/c1-28(2,3)38-27(36)34-16-12-11-15-30(34,6)20-37-26(35)33-25(17-21-13-9-8-10-14-21)32-39-24-19-22-18-23(29(22,4)5)31(24,7)40-32/h8-10,13-14,22-25H,11-12,15-20H2,1-7H3,(H,33,35)/t22-,23-,24+,25-,30+,31-/m0/s1. The van der Waals surface area contributed by atoms with Crippen LogP contribution in [0.5, 0.6) is 0 Å². The maximum atomic E-state index is 13.3. The fraction of sp³-hybridized carbons (Fsp3) is 0.742. The lowest BCUT2D eigenvalue weighted by atomic mass is 9.43. The van der Waals surface area contributed by atoms with Gasteiger partial charge in [0.25, 0.3) is 0 Å². The summed E-state index contributed by atoms with van der Waals surface area (Å²) in [5.74, 6) is 0.662. The van der Waals surface area contributed by atoms with Gasteiger partial charge in [0, 0.05) is 6.54 Å². The van der Waals surface area contributed by atoms with Gasteiger partial charge >= 0.3 is 19.3 Å². The Morgan fingerprint density at radius 2 is 1.85 bits per heavy atom. The van der Waals surface area contributed by atoms with Crippen molar-refractivity contribution in [2.75, 3.05) is 13.2 Å². The van der Waals surface area contributed by atoms with Crippen LogP contribution in [0, 0.1) is 17.3 Å². The molecule has 2 amide bonds. The highest BCUT2D eigenvalue weighted by molar-refractivity contribution is 6.47. The summed E-state index contributed by atoms with van der Waals surface area (Å²) in [5.41, 5.74) is -0.279. The van der Waals surface area contributed by atoms with Gasteiger partial charge in [0.1, 0.15) is 12.2 Å². The summed E-state index contributed by atoms with van der Waals surface area (Å²) in [5, 5.41) is 3.08. The molecule has 40 heavy (non-hydrogen) atoms. The molecular weight excluding hydrogens is 507 g/mol. The van der Waals surface area contributed by atoms with E-state index in [2.05, 4.69) is 26.1 Å². The molecule has 2 saturated heterocycles. The van der Waals surface area contributed by atoms with E-state index in [1.165, 1.54) is 6.42 Å². The van der Waals surface area contributed by atoms with Crippen molar-refractivity contribution in [3.63, 3.8) is 0 Å². The number of nitrogens with zero attached hydrogens (tertiary/aromatic N) is 1. The Morgan fingerprint density at radius 3 is 2.52 bits per heavy atom. The number of rotatable bonds is 6. The molecule has 9 heteroatoms. The third-order valence-corrected chi connectivity index (χ3v) is 10.0. The van der Waals surface area contributed by atoms with Gasteiger partial charge in [0.2, 0.25) is 0 Å². The maximum absolute atomic E-state index is 13.3. The number of ether oxygens (including phenoxy) is 2. The molecule has 6 rings (SSSR count). The SMILES string of the molecule is CC(C)(C)OC(=O)N1CCCC[C@]1(C)COC(=O)N[C@@H](Cc1ccccc1)B1O[C@@H]2C[C@@H]3C[C@@H](C3(C)C)[C@]2(C)O1. The first kappa shape index (κ1) is 29.2. The van der Waals surface area contributed by atoms with Crippen LogP contribution in [0.4, 0.5) is 9.59 Å². The van der Waals surface area contributed by atoms with E-state index < -0.39 is 30.3 Å². The van der Waals surface area contributed by atoms with Gasteiger partial charge in [-0.25, -0.2) is 9.59 Å². The zero-order valence-corrected chi connectivity index (χ0v) is 25.3. The molecule has 1 N–H and O–H groups in total. The van der Waals surface area contributed by atoms with Crippen LogP contribution in [0.15, 0.2) is 30.3 Å². The number of amides is 2. The van der Waals surface area contributed by atoms with Gasteiger partial charge < -0.3 is 24.1 Å². The van der Waals surface area contributed by atoms with Crippen LogP contribution in [0.2, 0.25) is 0 Å². The Bertz CT molecular complexity index is 1090. The predicted octanol–water partition coefficient (Wildman–Crippen LogP) is 5.77. The molecule has 0 radical (unpaired) electrons. The van der Waals surface area contributed by atoms with E-state index in [1.807, 2.05) is 58.0 Å². The molecule has 0 aromatic heterocycles. The number of piperidine rings is 1. The molecule has 1 aromatic rings. The van der Waals surface area contributed by atoms with Crippen molar-refractivity contribution in [2.24, 2.45) is 17.3 Å². The van der Waals surface area contributed by atoms with Crippen LogP contribution in [0.1, 0.15) is 86.1 Å². The number of likely N-dealkylation sites (tertiary alicyclic amines) is 1. The number of carbonyl (C=O) groups excluding carboxylic acids is 2. The summed E-state index contributed by atoms with van der Waals surface area (Å²) < 4.78 is 24.7. The molecule has 5 aliphatic rings. The molecule has 2 aliphatic heterocycles. The molecule has 0 spiro atoms. The zero-order valence-electron chi connectivity index (χ0n) is 25.3. The fourth-order valence-corrected chi connectivity index (χ4v) is 7.53. The highest BCUT2D eigenvalue weighted by Crippen LogP contribution is 2.65. The molecule has 2 bridgehead atoms. The minimum Gasteiger partial charge on any atom is -0.447 e. The number of carbonyl (C=O) groups is 2. The van der Waals surface area contributed by atoms with Crippen LogP contribution in [-0.4, -0.2) is 66.1 Å². The van der Waals surface area contributed by atoms with E-state index in [1.54, 1.807) is 4.90 Å². The van der Waals surface area contributed by atoms with E-state index in [-0.39, 0.29) is 29.8 Å². The number of benzene rings is 1. The van der Waals surface area contributed by atoms with Crippen LogP contribution < -0.4 is 5.32 Å². The molecule has 220 valence electrons. The van der Waals surface area contributed by atoms with Crippen molar-refractivity contribution < 1.29 is 28.4 Å². The van der Waals surface area contributed by atoms with Crippen molar-refractivity contribution in [1.82, 2.24) is 10.2 Å². The highest BCUT2D eigenvalue weighted by Gasteiger charge is 2.68. The second kappa shape index (κ2) is 10.5. The summed E-state index contributed by atoms with van der Waals surface area (Å²) >= 11 is 0. The van der Waals surface area contributed by atoms with E-state index >= 15 is 0 Å². The first-order valence-electron chi connectivity index (χ1n) is 15.0. The third-order valence-electron chi connectivity index (χ3n) is 10.0. The summed E-state index contributed by atoms with van der Waals surface area (Å²) in [4.78, 5) is 28.0. The maximum Gasteiger partial charge on any atom is 0.482 e. The van der Waals surface area contributed by atoms with Crippen LogP contribution in [0.25, 0.3) is 0 Å². The molecule has 3 aliphatic carbocycles. The van der Waals surface area contributed by atoms with Crippen molar-refractivity contribution in [1.29, 1.82) is 0 Å². The van der Waals surface area contributed by atoms with Gasteiger partial charge in [-0.2, -0.15) is 0 Å². The second-order valence-corrected chi connectivity index (χ2v) is 14.4. The lowest BCUT2D eigenvalue weighted by Gasteiger charge is -2.64. The van der Waals surface area contributed by atoms with Crippen molar-refractivity contribution in [3.8, 4) is 0 Å². The van der Waals surface area contributed by atoms with Gasteiger partial charge in [-0.3, -0.25) is 4.90 Å². The Kier molecular flexibility index (Phi) is 7.71. The minimum absolute atomic E-state index is 0.0221. The Balaban J connectivity index is 1.27. The topological polar surface area (TPSA) is 86.3 Å². The average molecular weight is 555 g/mol. The Labute approximate surface area is 240 Å². The molecular formula is C31H47BN2O6. The van der Waals surface area contributed by atoms with Gasteiger partial charge in [0.05, 0.1) is 23.2 Å². The minimum atomic E-state index is -0.637. The van der Waals surface area contributed by atoms with Gasteiger partial charge in [-0.1, -0.05) is 44.2 Å². The number of alkyl carbamates (subject to hydrolysis) is 1. The van der Waals surface area contributed by atoms with Crippen LogP contribution in [0.3, 0.4) is 0 Å². The van der Waals surface area contributed by atoms with Gasteiger partial charge in [-0.05, 0) is 96.0 Å². The van der Waals surface area contributed by atoms with Crippen LogP contribution >= 0.6 is 0 Å². The zero-order chi connectivity index (χ0) is 28.9. The predicted molar refractivity (Wildman–Crippen MR) is 154 cm³/mol. The van der Waals surface area contributed by atoms with Gasteiger partial charge in [-0.15, -0.1) is 0 Å². The quantitative estimate of drug-likeness (QED) is 0.450. The second-order valence-electron chi connectivity index (χ2n) is 14.4. The Hall–Kier alpha value is -2.26. The highest BCUT2D eigenvalue weighted by atomic mass is 16.7. The smallest absolute Gasteiger partial charge is 0.447 e. The number of nitrogens with one attached hydrogen (secondary N) is 1. The molecule has 3 saturated carbocycles. The largest absolute Gasteiger partial charge is 0.482 e. The molecule has 6 atom stereocenters. The monoisotopic (exact) mass is 554 g/mol. The first-order chi connectivity index (χ1) is 18.7. The molecule has 8 nitrogen and oxygen atoms in total. The third kappa shape index (κ3) is 5.60. The first-order valence-corrected chi connectivity index (χ1v) is 15.0. The molecule has 5 fully saturated rings. The lowest BCUT2D eigenvalue weighted by molar-refractivity contribution is -0.199. The summed E-state index contributed by atoms with van der Waals surface area (Å²) in [6, 6.07) is 10.1. The van der Waals surface area contributed by atoms with Crippen molar-refractivity contribution >= 4 is 19.3 Å². The fourth-order valence-electron chi connectivity index (χ4n) is 7.53. The van der Waals surface area contributed by atoms with Crippen LogP contribution in [-0.2, 0) is 25.2 Å². The normalized spacial score (nSPS) is 33.4. The Morgan fingerprint density at radius 1 is 1.12 bits per heavy atom. The van der Waals surface area contributed by atoms with Crippen molar-refractivity contribution in [3.05, 3.63) is 35.9 Å². The van der Waals surface area contributed by atoms with E-state index in [9.17, 15) is 9.59 Å². The van der Waals surface area contributed by atoms with Crippen molar-refractivity contribution in [2.45, 2.75) is 116 Å². The van der Waals surface area contributed by atoms with E-state index in [0.717, 1.165) is 31.2 Å². The summed E-state index contributed by atoms with van der Waals surface area (Å²) in [6.07, 6.45) is 4.42. The summed E-state index contributed by atoms with van der Waals surface area (Å²) in [7, 11) is -0.568. The lowest BCUT2D eigenvalue weighted by Crippen LogP contribution is -2.65. The van der Waals surface area contributed by atoms with E-state index in [0.29, 0.717) is 24.8 Å². The number of hydrogen-bond acceptors (Lipinski definition) is 6. The summed E-state index contributed by atoms with van der Waals surface area (Å²) in [6.45, 7) is 15.1. The molecule has 0 unspecified atom stereocenters.